The molecule has 0 bridgehead atoms. The highest BCUT2D eigenvalue weighted by Crippen LogP contribution is 2.32. The summed E-state index contributed by atoms with van der Waals surface area (Å²) in [7, 11) is 4.00. The normalized spacial score (nSPS) is 11.6. The van der Waals surface area contributed by atoms with Crippen LogP contribution >= 0.6 is 0 Å². The van der Waals surface area contributed by atoms with E-state index in [4.69, 9.17) is 9.72 Å². The molecule has 37 heavy (non-hydrogen) atoms. The Morgan fingerprint density at radius 1 is 1.00 bits per heavy atom. The molecule has 10 heteroatoms. The summed E-state index contributed by atoms with van der Waals surface area (Å²) in [6.07, 6.45) is 6.86. The molecule has 6 rings (SSSR count). The Hall–Kier alpha value is -4.70. The highest BCUT2D eigenvalue weighted by molar-refractivity contribution is 5.96. The van der Waals surface area contributed by atoms with E-state index in [0.717, 1.165) is 39.8 Å². The molecular weight excluding hydrogens is 471 g/mol. The summed E-state index contributed by atoms with van der Waals surface area (Å²) in [6.45, 7) is 1.37. The number of H-pyrrole nitrogens is 2. The number of aromatic nitrogens is 7. The topological polar surface area (TPSA) is 109 Å². The van der Waals surface area contributed by atoms with Crippen molar-refractivity contribution in [3.8, 4) is 39.7 Å². The van der Waals surface area contributed by atoms with E-state index in [9.17, 15) is 4.39 Å². The standard InChI is InChI=1S/C27H23FN8O/c1-36(2)8-9-37-19-11-17(13-29-14-19)22-12-21-23(15-31-22)34-35-25(21)27-32-24-20(6-7-30-26(24)33-27)16-4-3-5-18(28)10-16/h3-7,10-15H,8-9H2,1-2H3,(H,34,35)(H,30,32,33). The van der Waals surface area contributed by atoms with Crippen molar-refractivity contribution in [3.63, 3.8) is 0 Å². The second kappa shape index (κ2) is 9.40. The van der Waals surface area contributed by atoms with Crippen LogP contribution in [0.5, 0.6) is 5.75 Å². The highest BCUT2D eigenvalue weighted by atomic mass is 19.1. The Morgan fingerprint density at radius 2 is 1.92 bits per heavy atom. The molecular formula is C27H23FN8O. The zero-order valence-corrected chi connectivity index (χ0v) is 20.2. The number of hydrogen-bond donors (Lipinski definition) is 2. The number of benzene rings is 1. The van der Waals surface area contributed by atoms with E-state index in [-0.39, 0.29) is 5.82 Å². The Bertz CT molecular complexity index is 1720. The van der Waals surface area contributed by atoms with Crippen LogP contribution in [0.25, 0.3) is 56.0 Å². The van der Waals surface area contributed by atoms with Gasteiger partial charge in [0, 0.05) is 35.5 Å². The van der Waals surface area contributed by atoms with Crippen LogP contribution in [0.15, 0.2) is 67.3 Å². The van der Waals surface area contributed by atoms with Crippen molar-refractivity contribution in [2.24, 2.45) is 0 Å². The molecule has 5 heterocycles. The van der Waals surface area contributed by atoms with Crippen LogP contribution in [-0.4, -0.2) is 67.3 Å². The third-order valence-electron chi connectivity index (χ3n) is 6.01. The largest absolute Gasteiger partial charge is 0.491 e. The Kier molecular flexibility index (Phi) is 5.78. The van der Waals surface area contributed by atoms with E-state index >= 15 is 0 Å². The second-order valence-corrected chi connectivity index (χ2v) is 8.90. The van der Waals surface area contributed by atoms with Crippen LogP contribution in [-0.2, 0) is 0 Å². The fraction of sp³-hybridized carbons (Fsp3) is 0.148. The number of rotatable bonds is 7. The van der Waals surface area contributed by atoms with Crippen molar-refractivity contribution in [1.29, 1.82) is 0 Å². The first-order valence-electron chi connectivity index (χ1n) is 11.7. The number of imidazole rings is 1. The van der Waals surface area contributed by atoms with Gasteiger partial charge in [0.1, 0.15) is 29.4 Å². The number of ether oxygens (including phenoxy) is 1. The van der Waals surface area contributed by atoms with Gasteiger partial charge in [-0.25, -0.2) is 14.4 Å². The highest BCUT2D eigenvalue weighted by Gasteiger charge is 2.17. The predicted molar refractivity (Wildman–Crippen MR) is 139 cm³/mol. The Balaban J connectivity index is 1.38. The van der Waals surface area contributed by atoms with Gasteiger partial charge in [-0.1, -0.05) is 12.1 Å². The molecule has 1 aromatic carbocycles. The molecule has 0 aliphatic carbocycles. The second-order valence-electron chi connectivity index (χ2n) is 8.90. The van der Waals surface area contributed by atoms with Gasteiger partial charge in [0.25, 0.3) is 0 Å². The molecule has 0 unspecified atom stereocenters. The fourth-order valence-corrected chi connectivity index (χ4v) is 4.15. The number of likely N-dealkylation sites (N-methyl/N-ethyl adjacent to an activating group) is 1. The van der Waals surface area contributed by atoms with Crippen molar-refractivity contribution in [1.82, 2.24) is 40.0 Å². The number of halogens is 1. The van der Waals surface area contributed by atoms with Gasteiger partial charge in [-0.2, -0.15) is 5.10 Å². The summed E-state index contributed by atoms with van der Waals surface area (Å²) < 4.78 is 19.7. The van der Waals surface area contributed by atoms with Crippen molar-refractivity contribution in [2.45, 2.75) is 0 Å². The molecule has 0 saturated carbocycles. The number of hydrogen-bond acceptors (Lipinski definition) is 7. The van der Waals surface area contributed by atoms with Gasteiger partial charge in [0.15, 0.2) is 11.5 Å². The summed E-state index contributed by atoms with van der Waals surface area (Å²) >= 11 is 0. The first-order chi connectivity index (χ1) is 18.0. The first kappa shape index (κ1) is 22.7. The lowest BCUT2D eigenvalue weighted by molar-refractivity contribution is 0.261. The average molecular weight is 495 g/mol. The molecule has 0 saturated heterocycles. The third kappa shape index (κ3) is 4.50. The number of pyridine rings is 3. The van der Waals surface area contributed by atoms with Gasteiger partial charge in [-0.15, -0.1) is 0 Å². The molecule has 6 aromatic rings. The minimum atomic E-state index is -0.307. The molecule has 0 radical (unpaired) electrons. The molecule has 9 nitrogen and oxygen atoms in total. The SMILES string of the molecule is CN(C)CCOc1cncc(-c2cc3c(-c4nc5c(-c6cccc(F)c6)ccnc5[nH]4)n[nH]c3cn2)c1. The lowest BCUT2D eigenvalue weighted by Crippen LogP contribution is -2.19. The van der Waals surface area contributed by atoms with Gasteiger partial charge < -0.3 is 14.6 Å². The summed E-state index contributed by atoms with van der Waals surface area (Å²) in [6, 6.07) is 12.1. The number of nitrogens with zero attached hydrogens (tertiary/aromatic N) is 6. The van der Waals surface area contributed by atoms with Crippen LogP contribution in [0.1, 0.15) is 0 Å². The van der Waals surface area contributed by atoms with E-state index in [1.54, 1.807) is 30.9 Å². The van der Waals surface area contributed by atoms with Crippen LogP contribution in [0, 0.1) is 5.82 Å². The number of fused-ring (bicyclic) bond motifs is 2. The van der Waals surface area contributed by atoms with Crippen LogP contribution in [0.2, 0.25) is 0 Å². The number of nitrogens with one attached hydrogen (secondary N) is 2. The van der Waals surface area contributed by atoms with Gasteiger partial charge in [0.2, 0.25) is 0 Å². The van der Waals surface area contributed by atoms with Crippen LogP contribution in [0.4, 0.5) is 4.39 Å². The minimum absolute atomic E-state index is 0.307. The number of aromatic amines is 2. The maximum atomic E-state index is 13.9. The van der Waals surface area contributed by atoms with Gasteiger partial charge >= 0.3 is 0 Å². The molecule has 2 N–H and O–H groups in total. The van der Waals surface area contributed by atoms with E-state index in [2.05, 4.69) is 35.0 Å². The van der Waals surface area contributed by atoms with Crippen molar-refractivity contribution >= 4 is 22.1 Å². The Morgan fingerprint density at radius 3 is 2.78 bits per heavy atom. The lowest BCUT2D eigenvalue weighted by Gasteiger charge is -2.11. The molecule has 0 atom stereocenters. The van der Waals surface area contributed by atoms with E-state index in [1.165, 1.54) is 12.1 Å². The van der Waals surface area contributed by atoms with Crippen molar-refractivity contribution in [2.75, 3.05) is 27.2 Å². The smallest absolute Gasteiger partial charge is 0.160 e. The van der Waals surface area contributed by atoms with Crippen LogP contribution < -0.4 is 4.74 Å². The van der Waals surface area contributed by atoms with E-state index < -0.39 is 0 Å². The molecule has 5 aromatic heterocycles. The van der Waals surface area contributed by atoms with Gasteiger partial charge in [-0.05, 0) is 50.0 Å². The summed E-state index contributed by atoms with van der Waals surface area (Å²) in [5, 5.41) is 8.36. The van der Waals surface area contributed by atoms with E-state index in [0.29, 0.717) is 35.0 Å². The maximum Gasteiger partial charge on any atom is 0.160 e. The molecule has 0 amide bonds. The quantitative estimate of drug-likeness (QED) is 0.331. The molecule has 0 aliphatic rings. The predicted octanol–water partition coefficient (Wildman–Crippen LogP) is 4.70. The summed E-state index contributed by atoms with van der Waals surface area (Å²) in [5.74, 6) is 0.925. The molecule has 0 aliphatic heterocycles. The van der Waals surface area contributed by atoms with Crippen LogP contribution in [0.3, 0.4) is 0 Å². The minimum Gasteiger partial charge on any atom is -0.491 e. The third-order valence-corrected chi connectivity index (χ3v) is 6.01. The Labute approximate surface area is 211 Å². The average Bonchev–Trinajstić information content (AvgIpc) is 3.52. The maximum absolute atomic E-state index is 13.9. The van der Waals surface area contributed by atoms with Crippen molar-refractivity contribution < 1.29 is 9.13 Å². The first-order valence-corrected chi connectivity index (χ1v) is 11.7. The van der Waals surface area contributed by atoms with Crippen molar-refractivity contribution in [3.05, 3.63) is 73.1 Å². The molecule has 0 spiro atoms. The zero-order chi connectivity index (χ0) is 25.4. The fourth-order valence-electron chi connectivity index (χ4n) is 4.15. The zero-order valence-electron chi connectivity index (χ0n) is 20.2. The van der Waals surface area contributed by atoms with Gasteiger partial charge in [-0.3, -0.25) is 15.1 Å². The van der Waals surface area contributed by atoms with Gasteiger partial charge in [0.05, 0.1) is 23.6 Å². The summed E-state index contributed by atoms with van der Waals surface area (Å²) in [4.78, 5) is 23.4. The summed E-state index contributed by atoms with van der Waals surface area (Å²) in [5.41, 5.74) is 5.70. The molecule has 184 valence electrons. The lowest BCUT2D eigenvalue weighted by atomic mass is 10.1. The molecule has 0 fully saturated rings. The monoisotopic (exact) mass is 494 g/mol. The van der Waals surface area contributed by atoms with E-state index in [1.807, 2.05) is 38.4 Å².